The first-order valence-corrected chi connectivity index (χ1v) is 6.72. The Hall–Kier alpha value is -2.57. The summed E-state index contributed by atoms with van der Waals surface area (Å²) < 4.78 is 6.90. The van der Waals surface area contributed by atoms with E-state index in [9.17, 15) is 10.1 Å². The molecule has 1 heterocycles. The van der Waals surface area contributed by atoms with E-state index in [-0.39, 0.29) is 11.4 Å². The summed E-state index contributed by atoms with van der Waals surface area (Å²) in [5, 5.41) is 18.4. The number of hydrogen-bond donors (Lipinski definition) is 1. The van der Waals surface area contributed by atoms with Crippen molar-refractivity contribution in [2.45, 2.75) is 26.4 Å². The van der Waals surface area contributed by atoms with Crippen LogP contribution in [0.15, 0.2) is 30.5 Å². The molecule has 1 aromatic heterocycles. The molecule has 7 heteroatoms. The van der Waals surface area contributed by atoms with Gasteiger partial charge in [-0.15, -0.1) is 0 Å². The van der Waals surface area contributed by atoms with E-state index in [4.69, 9.17) is 4.74 Å². The van der Waals surface area contributed by atoms with E-state index in [0.717, 1.165) is 18.7 Å². The number of ether oxygens (including phenoxy) is 1. The van der Waals surface area contributed by atoms with E-state index >= 15 is 0 Å². The van der Waals surface area contributed by atoms with Gasteiger partial charge in [-0.1, -0.05) is 6.92 Å². The zero-order chi connectivity index (χ0) is 15.2. The van der Waals surface area contributed by atoms with Gasteiger partial charge in [-0.2, -0.15) is 5.10 Å². The molecular formula is C14H18N4O3. The summed E-state index contributed by atoms with van der Waals surface area (Å²) in [5.74, 6) is 0.251. The van der Waals surface area contributed by atoms with Crippen LogP contribution in [0.2, 0.25) is 0 Å². The van der Waals surface area contributed by atoms with Gasteiger partial charge in [-0.25, -0.2) is 0 Å². The van der Waals surface area contributed by atoms with Crippen molar-refractivity contribution in [1.29, 1.82) is 0 Å². The molecule has 0 radical (unpaired) electrons. The lowest BCUT2D eigenvalue weighted by Crippen LogP contribution is -2.09. The quantitative estimate of drug-likeness (QED) is 0.626. The van der Waals surface area contributed by atoms with Gasteiger partial charge in [0.05, 0.1) is 24.3 Å². The van der Waals surface area contributed by atoms with Crippen LogP contribution in [0.4, 0.5) is 11.4 Å². The van der Waals surface area contributed by atoms with E-state index in [1.54, 1.807) is 18.3 Å². The SMILES string of the molecule is CCCn1nccc1CNc1ccc(OC)c([N+](=O)[O-])c1. The van der Waals surface area contributed by atoms with Crippen LogP contribution in [0.25, 0.3) is 0 Å². The van der Waals surface area contributed by atoms with Gasteiger partial charge in [-0.05, 0) is 24.6 Å². The van der Waals surface area contributed by atoms with Gasteiger partial charge in [0.25, 0.3) is 0 Å². The number of anilines is 1. The number of benzene rings is 1. The zero-order valence-corrected chi connectivity index (χ0v) is 12.1. The van der Waals surface area contributed by atoms with Crippen molar-refractivity contribution in [2.75, 3.05) is 12.4 Å². The van der Waals surface area contributed by atoms with Gasteiger partial charge in [0.15, 0.2) is 5.75 Å². The molecular weight excluding hydrogens is 272 g/mol. The third kappa shape index (κ3) is 3.50. The molecule has 0 aliphatic carbocycles. The van der Waals surface area contributed by atoms with E-state index in [2.05, 4.69) is 17.3 Å². The number of nitro benzene ring substituents is 1. The summed E-state index contributed by atoms with van der Waals surface area (Å²) in [6.45, 7) is 3.50. The Kier molecular flexibility index (Phi) is 4.76. The van der Waals surface area contributed by atoms with Gasteiger partial charge >= 0.3 is 5.69 Å². The lowest BCUT2D eigenvalue weighted by Gasteiger charge is -2.09. The van der Waals surface area contributed by atoms with Crippen molar-refractivity contribution in [1.82, 2.24) is 9.78 Å². The number of hydrogen-bond acceptors (Lipinski definition) is 5. The second-order valence-corrected chi connectivity index (χ2v) is 4.54. The summed E-state index contributed by atoms with van der Waals surface area (Å²) in [6.07, 6.45) is 2.76. The summed E-state index contributed by atoms with van der Waals surface area (Å²) in [6, 6.07) is 6.75. The van der Waals surface area contributed by atoms with Gasteiger partial charge in [0, 0.05) is 24.5 Å². The molecule has 2 rings (SSSR count). The fourth-order valence-electron chi connectivity index (χ4n) is 2.06. The van der Waals surface area contributed by atoms with E-state index < -0.39 is 4.92 Å². The molecule has 0 spiro atoms. The average molecular weight is 290 g/mol. The van der Waals surface area contributed by atoms with Crippen molar-refractivity contribution in [2.24, 2.45) is 0 Å². The fourth-order valence-corrected chi connectivity index (χ4v) is 2.06. The third-order valence-electron chi connectivity index (χ3n) is 3.09. The van der Waals surface area contributed by atoms with Crippen LogP contribution in [-0.4, -0.2) is 21.8 Å². The molecule has 0 bridgehead atoms. The van der Waals surface area contributed by atoms with Crippen molar-refractivity contribution >= 4 is 11.4 Å². The topological polar surface area (TPSA) is 82.2 Å². The number of methoxy groups -OCH3 is 1. The number of nitrogens with zero attached hydrogens (tertiary/aromatic N) is 3. The van der Waals surface area contributed by atoms with E-state index in [0.29, 0.717) is 12.2 Å². The highest BCUT2D eigenvalue weighted by molar-refractivity contribution is 5.58. The van der Waals surface area contributed by atoms with Crippen molar-refractivity contribution in [3.05, 3.63) is 46.3 Å². The molecule has 0 aliphatic heterocycles. The molecule has 1 N–H and O–H groups in total. The normalized spacial score (nSPS) is 10.4. The number of aromatic nitrogens is 2. The van der Waals surface area contributed by atoms with E-state index in [1.807, 2.05) is 10.7 Å². The molecule has 0 saturated carbocycles. The third-order valence-corrected chi connectivity index (χ3v) is 3.09. The van der Waals surface area contributed by atoms with Crippen molar-refractivity contribution in [3.8, 4) is 5.75 Å². The predicted octanol–water partition coefficient (Wildman–Crippen LogP) is 2.82. The number of nitro groups is 1. The molecule has 7 nitrogen and oxygen atoms in total. The zero-order valence-electron chi connectivity index (χ0n) is 12.1. The molecule has 112 valence electrons. The second kappa shape index (κ2) is 6.74. The Labute approximate surface area is 122 Å². The lowest BCUT2D eigenvalue weighted by atomic mass is 10.2. The smallest absolute Gasteiger partial charge is 0.312 e. The first kappa shape index (κ1) is 14.8. The Morgan fingerprint density at radius 2 is 2.24 bits per heavy atom. The maximum absolute atomic E-state index is 11.0. The summed E-state index contributed by atoms with van der Waals surface area (Å²) in [7, 11) is 1.42. The molecule has 0 amide bonds. The Morgan fingerprint density at radius 1 is 1.43 bits per heavy atom. The maximum Gasteiger partial charge on any atom is 0.312 e. The van der Waals surface area contributed by atoms with Crippen LogP contribution in [0.3, 0.4) is 0 Å². The predicted molar refractivity (Wildman–Crippen MR) is 79.5 cm³/mol. The Balaban J connectivity index is 2.11. The van der Waals surface area contributed by atoms with Crippen molar-refractivity contribution in [3.63, 3.8) is 0 Å². The van der Waals surface area contributed by atoms with Crippen LogP contribution in [0.1, 0.15) is 19.0 Å². The first-order valence-electron chi connectivity index (χ1n) is 6.72. The first-order chi connectivity index (χ1) is 10.2. The Morgan fingerprint density at radius 3 is 2.90 bits per heavy atom. The van der Waals surface area contributed by atoms with Crippen molar-refractivity contribution < 1.29 is 9.66 Å². The summed E-state index contributed by atoms with van der Waals surface area (Å²) in [4.78, 5) is 10.5. The van der Waals surface area contributed by atoms with Crippen LogP contribution >= 0.6 is 0 Å². The molecule has 0 saturated heterocycles. The highest BCUT2D eigenvalue weighted by Crippen LogP contribution is 2.29. The fraction of sp³-hybridized carbons (Fsp3) is 0.357. The largest absolute Gasteiger partial charge is 0.490 e. The molecule has 21 heavy (non-hydrogen) atoms. The van der Waals surface area contributed by atoms with E-state index in [1.165, 1.54) is 13.2 Å². The van der Waals surface area contributed by atoms with Crippen LogP contribution in [0.5, 0.6) is 5.75 Å². The molecule has 0 atom stereocenters. The molecule has 0 aliphatic rings. The molecule has 2 aromatic rings. The second-order valence-electron chi connectivity index (χ2n) is 4.54. The van der Waals surface area contributed by atoms with Crippen LogP contribution < -0.4 is 10.1 Å². The maximum atomic E-state index is 11.0. The summed E-state index contributed by atoms with van der Waals surface area (Å²) in [5.41, 5.74) is 1.66. The standard InChI is InChI=1S/C14H18N4O3/c1-3-8-17-12(6-7-16-17)10-15-11-4-5-14(21-2)13(9-11)18(19)20/h4-7,9,15H,3,8,10H2,1-2H3. The monoisotopic (exact) mass is 290 g/mol. The minimum absolute atomic E-state index is 0.0513. The highest BCUT2D eigenvalue weighted by atomic mass is 16.6. The number of nitrogens with one attached hydrogen (secondary N) is 1. The number of aryl methyl sites for hydroxylation is 1. The van der Waals surface area contributed by atoms with Crippen LogP contribution in [-0.2, 0) is 13.1 Å². The molecule has 1 aromatic carbocycles. The minimum atomic E-state index is -0.453. The van der Waals surface area contributed by atoms with Gasteiger partial charge in [-0.3, -0.25) is 14.8 Å². The lowest BCUT2D eigenvalue weighted by molar-refractivity contribution is -0.385. The van der Waals surface area contributed by atoms with Crippen LogP contribution in [0, 0.1) is 10.1 Å². The van der Waals surface area contributed by atoms with Gasteiger partial charge in [0.2, 0.25) is 0 Å². The Bertz CT molecular complexity index is 624. The number of rotatable bonds is 7. The molecule has 0 fully saturated rings. The highest BCUT2D eigenvalue weighted by Gasteiger charge is 2.15. The minimum Gasteiger partial charge on any atom is -0.490 e. The van der Waals surface area contributed by atoms with Gasteiger partial charge in [0.1, 0.15) is 0 Å². The van der Waals surface area contributed by atoms with Gasteiger partial charge < -0.3 is 10.1 Å². The molecule has 0 unspecified atom stereocenters. The summed E-state index contributed by atoms with van der Waals surface area (Å²) >= 11 is 0. The average Bonchev–Trinajstić information content (AvgIpc) is 2.92.